The number of para-hydroxylation sites is 1. The second kappa shape index (κ2) is 8.44. The molecule has 6 nitrogen and oxygen atoms in total. The minimum absolute atomic E-state index is 0.280. The van der Waals surface area contributed by atoms with Gasteiger partial charge in [0.25, 0.3) is 0 Å². The number of aromatic nitrogens is 2. The van der Waals surface area contributed by atoms with Gasteiger partial charge in [-0.2, -0.15) is 0 Å². The summed E-state index contributed by atoms with van der Waals surface area (Å²) in [5, 5.41) is 3.84. The maximum Gasteiger partial charge on any atom is 0.339 e. The lowest BCUT2D eigenvalue weighted by Gasteiger charge is -2.34. The Bertz CT molecular complexity index is 1070. The lowest BCUT2D eigenvalue weighted by molar-refractivity contribution is 0.0602. The zero-order valence-electron chi connectivity index (χ0n) is 17.5. The average molecular weight is 423 g/mol. The van der Waals surface area contributed by atoms with Crippen molar-refractivity contribution < 1.29 is 9.53 Å². The quantitative estimate of drug-likeness (QED) is 0.477. The zero-order valence-corrected chi connectivity index (χ0v) is 18.3. The van der Waals surface area contributed by atoms with Gasteiger partial charge in [-0.15, -0.1) is 0 Å². The number of ether oxygens (including phenoxy) is 1. The van der Waals surface area contributed by atoms with E-state index in [4.69, 9.17) is 21.9 Å². The molecule has 1 saturated heterocycles. The number of H-pyrrole nitrogens is 1. The summed E-state index contributed by atoms with van der Waals surface area (Å²) in [6.45, 7) is 5.89. The van der Waals surface area contributed by atoms with E-state index in [9.17, 15) is 4.79 Å². The van der Waals surface area contributed by atoms with Crippen LogP contribution in [0.3, 0.4) is 0 Å². The van der Waals surface area contributed by atoms with Crippen LogP contribution < -0.4 is 5.32 Å². The fourth-order valence-corrected chi connectivity index (χ4v) is 4.22. The average Bonchev–Trinajstić information content (AvgIpc) is 3.16. The summed E-state index contributed by atoms with van der Waals surface area (Å²) in [5.41, 5.74) is 5.74. The summed E-state index contributed by atoms with van der Waals surface area (Å²) in [5.74, 6) is 0.908. The van der Waals surface area contributed by atoms with Gasteiger partial charge in [-0.3, -0.25) is 0 Å². The normalized spacial score (nSPS) is 16.5. The number of rotatable bonds is 3. The number of imidazole rings is 1. The standard InChI is InChI=1S/C23H26N4O2S/c1-14-11-19-20(12-15(14)2)25-21(24-19)16-7-6-10-27(13-16)23(30)26-18-9-5-4-8-17(18)22(28)29-3/h4-5,8-9,11-12,16H,6-7,10,13H2,1-3H3,(H,24,25)(H,26,30)/t16-/m1/s1. The zero-order chi connectivity index (χ0) is 21.3. The third kappa shape index (κ3) is 4.03. The first-order valence-electron chi connectivity index (χ1n) is 10.2. The number of aromatic amines is 1. The number of fused-ring (bicyclic) bond motifs is 1. The molecule has 7 heteroatoms. The highest BCUT2D eigenvalue weighted by molar-refractivity contribution is 7.80. The summed E-state index contributed by atoms with van der Waals surface area (Å²) in [4.78, 5) is 22.6. The molecular weight excluding hydrogens is 396 g/mol. The highest BCUT2D eigenvalue weighted by Gasteiger charge is 2.26. The molecule has 0 amide bonds. The van der Waals surface area contributed by atoms with Gasteiger partial charge < -0.3 is 19.9 Å². The van der Waals surface area contributed by atoms with E-state index in [-0.39, 0.29) is 11.9 Å². The van der Waals surface area contributed by atoms with Crippen molar-refractivity contribution in [2.45, 2.75) is 32.6 Å². The number of hydrogen-bond acceptors (Lipinski definition) is 4. The van der Waals surface area contributed by atoms with Gasteiger partial charge in [0.05, 0.1) is 29.4 Å². The number of esters is 1. The van der Waals surface area contributed by atoms with Crippen molar-refractivity contribution in [3.8, 4) is 0 Å². The van der Waals surface area contributed by atoms with Crippen LogP contribution >= 0.6 is 12.2 Å². The van der Waals surface area contributed by atoms with Crippen LogP contribution in [0.4, 0.5) is 5.69 Å². The number of benzene rings is 2. The SMILES string of the molecule is COC(=O)c1ccccc1NC(=S)N1CCC[C@@H](c2nc3cc(C)c(C)cc3[nH]2)C1. The van der Waals surface area contributed by atoms with Gasteiger partial charge >= 0.3 is 5.97 Å². The molecule has 1 aromatic heterocycles. The lowest BCUT2D eigenvalue weighted by Crippen LogP contribution is -2.41. The predicted molar refractivity (Wildman–Crippen MR) is 123 cm³/mol. The van der Waals surface area contributed by atoms with E-state index in [0.717, 1.165) is 42.8 Å². The molecule has 1 atom stereocenters. The van der Waals surface area contributed by atoms with Crippen LogP contribution in [0.25, 0.3) is 11.0 Å². The number of thiocarbonyl (C=S) groups is 1. The number of nitrogens with one attached hydrogen (secondary N) is 2. The summed E-state index contributed by atoms with van der Waals surface area (Å²) < 4.78 is 4.88. The van der Waals surface area contributed by atoms with Gasteiger partial charge in [0.15, 0.2) is 5.11 Å². The van der Waals surface area contributed by atoms with Crippen molar-refractivity contribution in [3.05, 3.63) is 58.9 Å². The van der Waals surface area contributed by atoms with Crippen LogP contribution in [0.1, 0.15) is 46.1 Å². The monoisotopic (exact) mass is 422 g/mol. The van der Waals surface area contributed by atoms with Gasteiger partial charge in [-0.25, -0.2) is 9.78 Å². The number of anilines is 1. The number of piperidine rings is 1. The van der Waals surface area contributed by atoms with Crippen LogP contribution in [-0.2, 0) is 4.74 Å². The number of nitrogens with zero attached hydrogens (tertiary/aromatic N) is 2. The Kier molecular flexibility index (Phi) is 5.72. The number of aryl methyl sites for hydroxylation is 2. The van der Waals surface area contributed by atoms with E-state index >= 15 is 0 Å². The summed E-state index contributed by atoms with van der Waals surface area (Å²) in [7, 11) is 1.38. The van der Waals surface area contributed by atoms with Crippen molar-refractivity contribution in [1.29, 1.82) is 0 Å². The molecule has 30 heavy (non-hydrogen) atoms. The number of hydrogen-bond donors (Lipinski definition) is 2. The molecule has 1 aliphatic heterocycles. The van der Waals surface area contributed by atoms with E-state index < -0.39 is 0 Å². The molecule has 0 aliphatic carbocycles. The highest BCUT2D eigenvalue weighted by Crippen LogP contribution is 2.28. The topological polar surface area (TPSA) is 70.2 Å². The number of likely N-dealkylation sites (tertiary alicyclic amines) is 1. The van der Waals surface area contributed by atoms with Crippen molar-refractivity contribution >= 4 is 40.0 Å². The largest absolute Gasteiger partial charge is 0.465 e. The number of methoxy groups -OCH3 is 1. The third-order valence-corrected chi connectivity index (χ3v) is 6.15. The molecule has 2 heterocycles. The molecule has 0 unspecified atom stereocenters. The number of carbonyl (C=O) groups excluding carboxylic acids is 1. The maximum absolute atomic E-state index is 12.0. The van der Waals surface area contributed by atoms with Gasteiger partial charge in [0.2, 0.25) is 0 Å². The number of carbonyl (C=O) groups is 1. The Morgan fingerprint density at radius 2 is 2.03 bits per heavy atom. The Labute approximate surface area is 181 Å². The van der Waals surface area contributed by atoms with E-state index in [1.165, 1.54) is 18.2 Å². The Balaban J connectivity index is 1.50. The van der Waals surface area contributed by atoms with Crippen molar-refractivity contribution in [1.82, 2.24) is 14.9 Å². The van der Waals surface area contributed by atoms with Crippen LogP contribution in [0.5, 0.6) is 0 Å². The summed E-state index contributed by atoms with van der Waals surface area (Å²) in [6, 6.07) is 11.5. The van der Waals surface area contributed by atoms with Crippen LogP contribution in [0.2, 0.25) is 0 Å². The van der Waals surface area contributed by atoms with E-state index in [2.05, 4.69) is 41.2 Å². The molecular formula is C23H26N4O2S. The van der Waals surface area contributed by atoms with Crippen LogP contribution in [-0.4, -0.2) is 46.1 Å². The molecule has 0 bridgehead atoms. The van der Waals surface area contributed by atoms with Gasteiger partial charge in [0, 0.05) is 19.0 Å². The fourth-order valence-electron chi connectivity index (χ4n) is 3.94. The third-order valence-electron chi connectivity index (χ3n) is 5.78. The van der Waals surface area contributed by atoms with Crippen LogP contribution in [0, 0.1) is 13.8 Å². The molecule has 0 radical (unpaired) electrons. The summed E-state index contributed by atoms with van der Waals surface area (Å²) >= 11 is 5.67. The van der Waals surface area contributed by atoms with Crippen molar-refractivity contribution in [2.75, 3.05) is 25.5 Å². The molecule has 2 aromatic carbocycles. The first-order valence-corrected chi connectivity index (χ1v) is 10.6. The van der Waals surface area contributed by atoms with Crippen LogP contribution in [0.15, 0.2) is 36.4 Å². The van der Waals surface area contributed by atoms with E-state index in [1.807, 2.05) is 18.2 Å². The second-order valence-electron chi connectivity index (χ2n) is 7.83. The van der Waals surface area contributed by atoms with Gasteiger partial charge in [0.1, 0.15) is 5.82 Å². The Morgan fingerprint density at radius 3 is 2.83 bits per heavy atom. The second-order valence-corrected chi connectivity index (χ2v) is 8.21. The van der Waals surface area contributed by atoms with Gasteiger partial charge in [-0.1, -0.05) is 12.1 Å². The molecule has 156 valence electrons. The molecule has 0 saturated carbocycles. The first-order chi connectivity index (χ1) is 14.5. The molecule has 4 rings (SSSR count). The van der Waals surface area contributed by atoms with Crippen molar-refractivity contribution in [3.63, 3.8) is 0 Å². The molecule has 1 fully saturated rings. The van der Waals surface area contributed by atoms with E-state index in [1.54, 1.807) is 6.07 Å². The molecule has 1 aliphatic rings. The van der Waals surface area contributed by atoms with Gasteiger partial charge in [-0.05, 0) is 74.3 Å². The van der Waals surface area contributed by atoms with E-state index in [0.29, 0.717) is 16.4 Å². The maximum atomic E-state index is 12.0. The lowest BCUT2D eigenvalue weighted by atomic mass is 9.98. The fraction of sp³-hybridized carbons (Fsp3) is 0.348. The first kappa shape index (κ1) is 20.3. The Morgan fingerprint density at radius 1 is 1.27 bits per heavy atom. The predicted octanol–water partition coefficient (Wildman–Crippen LogP) is 4.54. The smallest absolute Gasteiger partial charge is 0.339 e. The Hall–Kier alpha value is -2.93. The van der Waals surface area contributed by atoms with Crippen molar-refractivity contribution in [2.24, 2.45) is 0 Å². The minimum atomic E-state index is -0.384. The minimum Gasteiger partial charge on any atom is -0.465 e. The molecule has 0 spiro atoms. The molecule has 3 aromatic rings. The summed E-state index contributed by atoms with van der Waals surface area (Å²) in [6.07, 6.45) is 2.09. The molecule has 2 N–H and O–H groups in total. The highest BCUT2D eigenvalue weighted by atomic mass is 32.1.